The molecule has 2 N–H and O–H groups in total. The molecule has 0 spiro atoms. The number of H-pyrrole nitrogens is 1. The number of hydrogen-bond acceptors (Lipinski definition) is 6. The fourth-order valence-corrected chi connectivity index (χ4v) is 2.66. The zero-order valence-electron chi connectivity index (χ0n) is 11.9. The number of thiophene rings is 1. The van der Waals surface area contributed by atoms with Gasteiger partial charge in [-0.25, -0.2) is 0 Å². The number of nitrogens with one attached hydrogen (secondary N) is 2. The van der Waals surface area contributed by atoms with Gasteiger partial charge in [-0.2, -0.15) is 0 Å². The van der Waals surface area contributed by atoms with Crippen LogP contribution in [0.3, 0.4) is 0 Å². The highest BCUT2D eigenvalue weighted by molar-refractivity contribution is 7.09. The van der Waals surface area contributed by atoms with Crippen LogP contribution in [0.5, 0.6) is 5.75 Å². The average molecular weight is 314 g/mol. The predicted molar refractivity (Wildman–Crippen MR) is 86.1 cm³/mol. The van der Waals surface area contributed by atoms with Crippen LogP contribution in [0.4, 0.5) is 11.6 Å². The van der Waals surface area contributed by atoms with Gasteiger partial charge >= 0.3 is 0 Å². The fraction of sp³-hybridized carbons (Fsp3) is 0.133. The zero-order chi connectivity index (χ0) is 15.4. The third-order valence-corrected chi connectivity index (χ3v) is 3.90. The van der Waals surface area contributed by atoms with Crippen LogP contribution in [0.1, 0.15) is 10.6 Å². The Morgan fingerprint density at radius 3 is 2.91 bits per heavy atom. The molecule has 0 fully saturated rings. The molecule has 0 radical (unpaired) electrons. The third kappa shape index (κ3) is 3.32. The molecule has 22 heavy (non-hydrogen) atoms. The van der Waals surface area contributed by atoms with Crippen molar-refractivity contribution in [3.63, 3.8) is 0 Å². The lowest BCUT2D eigenvalue weighted by Gasteiger charge is -2.06. The van der Waals surface area contributed by atoms with Crippen molar-refractivity contribution in [1.29, 1.82) is 0 Å². The molecule has 3 aromatic rings. The molecular weight excluding hydrogens is 300 g/mol. The topological polar surface area (TPSA) is 79.9 Å². The van der Waals surface area contributed by atoms with E-state index >= 15 is 0 Å². The molecule has 0 bridgehead atoms. The molecule has 0 aliphatic rings. The number of aromatic amines is 1. The Kier molecular flexibility index (Phi) is 4.15. The molecule has 2 aromatic heterocycles. The lowest BCUT2D eigenvalue weighted by atomic mass is 10.3. The first kappa shape index (κ1) is 14.3. The highest BCUT2D eigenvalue weighted by atomic mass is 32.1. The zero-order valence-corrected chi connectivity index (χ0v) is 12.7. The Hall–Kier alpha value is -2.67. The van der Waals surface area contributed by atoms with Crippen molar-refractivity contribution < 1.29 is 4.74 Å². The lowest BCUT2D eigenvalue weighted by Crippen LogP contribution is -2.18. The third-order valence-electron chi connectivity index (χ3n) is 3.02. The van der Waals surface area contributed by atoms with Gasteiger partial charge in [0.25, 0.3) is 5.56 Å². The molecule has 0 saturated carbocycles. The van der Waals surface area contributed by atoms with Gasteiger partial charge in [0.05, 0.1) is 7.11 Å². The van der Waals surface area contributed by atoms with E-state index in [4.69, 9.17) is 4.74 Å². The number of ether oxygens (including phenoxy) is 1. The summed E-state index contributed by atoms with van der Waals surface area (Å²) >= 11 is 1.59. The first-order valence-electron chi connectivity index (χ1n) is 6.64. The molecule has 0 aliphatic heterocycles. The molecule has 7 heteroatoms. The van der Waals surface area contributed by atoms with E-state index in [1.54, 1.807) is 24.5 Å². The number of rotatable bonds is 5. The number of aromatic nitrogens is 3. The summed E-state index contributed by atoms with van der Waals surface area (Å²) in [5, 5.41) is 13.0. The summed E-state index contributed by atoms with van der Waals surface area (Å²) < 4.78 is 5.15. The summed E-state index contributed by atoms with van der Waals surface area (Å²) in [4.78, 5) is 15.8. The van der Waals surface area contributed by atoms with Crippen LogP contribution in [0.25, 0.3) is 0 Å². The van der Waals surface area contributed by atoms with Crippen LogP contribution >= 0.6 is 11.3 Å². The number of hydrogen-bond donors (Lipinski definition) is 2. The van der Waals surface area contributed by atoms with Crippen molar-refractivity contribution in [3.8, 4) is 5.75 Å². The lowest BCUT2D eigenvalue weighted by molar-refractivity contribution is 0.415. The van der Waals surface area contributed by atoms with E-state index in [0.717, 1.165) is 16.3 Å². The minimum atomic E-state index is -0.242. The van der Waals surface area contributed by atoms with Gasteiger partial charge in [0.15, 0.2) is 0 Å². The number of methoxy groups -OCH3 is 1. The molecular formula is C15H14N4O2S. The molecule has 0 amide bonds. The van der Waals surface area contributed by atoms with Crippen LogP contribution < -0.4 is 15.6 Å². The molecule has 6 nitrogen and oxygen atoms in total. The Morgan fingerprint density at radius 2 is 2.18 bits per heavy atom. The smallest absolute Gasteiger partial charge is 0.274 e. The summed E-state index contributed by atoms with van der Waals surface area (Å²) in [6.07, 6.45) is 0.486. The van der Waals surface area contributed by atoms with Crippen molar-refractivity contribution in [3.05, 3.63) is 62.7 Å². The van der Waals surface area contributed by atoms with E-state index in [-0.39, 0.29) is 5.56 Å². The van der Waals surface area contributed by atoms with Crippen LogP contribution in [-0.4, -0.2) is 22.3 Å². The second kappa shape index (κ2) is 6.40. The van der Waals surface area contributed by atoms with Crippen LogP contribution in [0, 0.1) is 0 Å². The first-order valence-corrected chi connectivity index (χ1v) is 7.52. The SMILES string of the molecule is COc1cccc(Nc2nnc(Cc3cccs3)c(=O)[nH]2)c1. The Balaban J connectivity index is 1.78. The molecule has 0 unspecified atom stereocenters. The number of anilines is 2. The molecule has 1 aromatic carbocycles. The van der Waals surface area contributed by atoms with E-state index in [1.165, 1.54) is 0 Å². The molecule has 2 heterocycles. The van der Waals surface area contributed by atoms with Gasteiger partial charge in [0, 0.05) is 23.1 Å². The van der Waals surface area contributed by atoms with E-state index < -0.39 is 0 Å². The molecule has 3 rings (SSSR count). The van der Waals surface area contributed by atoms with Gasteiger partial charge in [-0.1, -0.05) is 12.1 Å². The van der Waals surface area contributed by atoms with Gasteiger partial charge in [-0.3, -0.25) is 9.78 Å². The van der Waals surface area contributed by atoms with E-state index in [9.17, 15) is 4.79 Å². The van der Waals surface area contributed by atoms with Gasteiger partial charge in [-0.05, 0) is 23.6 Å². The van der Waals surface area contributed by atoms with Crippen molar-refractivity contribution in [1.82, 2.24) is 15.2 Å². The quantitative estimate of drug-likeness (QED) is 0.756. The minimum absolute atomic E-state index is 0.242. The van der Waals surface area contributed by atoms with Gasteiger partial charge in [0.1, 0.15) is 11.4 Å². The van der Waals surface area contributed by atoms with Crippen molar-refractivity contribution in [2.45, 2.75) is 6.42 Å². The Labute approximate surface area is 130 Å². The van der Waals surface area contributed by atoms with Crippen LogP contribution in [0.2, 0.25) is 0 Å². The Bertz CT molecular complexity index is 814. The monoisotopic (exact) mass is 314 g/mol. The average Bonchev–Trinajstić information content (AvgIpc) is 3.03. The van der Waals surface area contributed by atoms with Gasteiger partial charge in [-0.15, -0.1) is 21.5 Å². The molecule has 0 aliphatic carbocycles. The van der Waals surface area contributed by atoms with Crippen molar-refractivity contribution in [2.75, 3.05) is 12.4 Å². The number of benzene rings is 1. The molecule has 0 atom stereocenters. The first-order chi connectivity index (χ1) is 10.7. The van der Waals surface area contributed by atoms with Gasteiger partial charge < -0.3 is 10.1 Å². The van der Waals surface area contributed by atoms with Crippen molar-refractivity contribution >= 4 is 23.0 Å². The van der Waals surface area contributed by atoms with E-state index in [0.29, 0.717) is 18.1 Å². The maximum Gasteiger partial charge on any atom is 0.274 e. The summed E-state index contributed by atoms with van der Waals surface area (Å²) in [6.45, 7) is 0. The summed E-state index contributed by atoms with van der Waals surface area (Å²) in [7, 11) is 1.60. The fourth-order valence-electron chi connectivity index (χ4n) is 1.95. The highest BCUT2D eigenvalue weighted by Crippen LogP contribution is 2.18. The van der Waals surface area contributed by atoms with E-state index in [1.807, 2.05) is 35.7 Å². The molecule has 0 saturated heterocycles. The number of nitrogens with zero attached hydrogens (tertiary/aromatic N) is 2. The van der Waals surface area contributed by atoms with Crippen LogP contribution in [-0.2, 0) is 6.42 Å². The van der Waals surface area contributed by atoms with E-state index in [2.05, 4.69) is 20.5 Å². The maximum atomic E-state index is 12.1. The minimum Gasteiger partial charge on any atom is -0.497 e. The highest BCUT2D eigenvalue weighted by Gasteiger charge is 2.07. The second-order valence-electron chi connectivity index (χ2n) is 4.56. The maximum absolute atomic E-state index is 12.1. The van der Waals surface area contributed by atoms with Crippen molar-refractivity contribution in [2.24, 2.45) is 0 Å². The summed E-state index contributed by atoms with van der Waals surface area (Å²) in [6, 6.07) is 11.2. The normalized spacial score (nSPS) is 10.4. The standard InChI is InChI=1S/C15H14N4O2S/c1-21-11-5-2-4-10(8-11)16-15-17-14(20)13(18-19-15)9-12-6-3-7-22-12/h2-8H,9H2,1H3,(H2,16,17,19,20). The molecule has 112 valence electrons. The predicted octanol–water partition coefficient (Wildman–Crippen LogP) is 2.57. The van der Waals surface area contributed by atoms with Crippen LogP contribution in [0.15, 0.2) is 46.6 Å². The summed E-state index contributed by atoms with van der Waals surface area (Å²) in [5.41, 5.74) is 0.919. The largest absolute Gasteiger partial charge is 0.497 e. The van der Waals surface area contributed by atoms with Gasteiger partial charge in [0.2, 0.25) is 5.95 Å². The summed E-state index contributed by atoms with van der Waals surface area (Å²) in [5.74, 6) is 1.02. The Morgan fingerprint density at radius 1 is 1.27 bits per heavy atom. The second-order valence-corrected chi connectivity index (χ2v) is 5.59.